The molecule has 0 atom stereocenters. The second kappa shape index (κ2) is 8.22. The van der Waals surface area contributed by atoms with Crippen LogP contribution in [-0.4, -0.2) is 55.7 Å². The first-order valence-corrected chi connectivity index (χ1v) is 10.5. The molecule has 0 spiro atoms. The van der Waals surface area contributed by atoms with Crippen LogP contribution < -0.4 is 0 Å². The smallest absolute Gasteiger partial charge is 0.142 e. The van der Waals surface area contributed by atoms with Gasteiger partial charge in [-0.15, -0.1) is 0 Å². The number of nitrogens with zero attached hydrogens (tertiary/aromatic N) is 5. The molecule has 30 heavy (non-hydrogen) atoms. The normalized spacial score (nSPS) is 16.3. The quantitative estimate of drug-likeness (QED) is 0.622. The molecule has 1 aliphatic heterocycles. The Bertz CT molecular complexity index is 1050. The average Bonchev–Trinajstić information content (AvgIpc) is 3.13. The number of hydrogen-bond acceptors (Lipinski definition) is 5. The van der Waals surface area contributed by atoms with Gasteiger partial charge in [0.15, 0.2) is 0 Å². The number of likely N-dealkylation sites (tertiary alicyclic amines) is 1. The summed E-state index contributed by atoms with van der Waals surface area (Å²) in [5, 5.41) is 5.15. The van der Waals surface area contributed by atoms with Crippen LogP contribution in [0.25, 0.3) is 22.2 Å². The average molecular weight is 410 g/mol. The number of halogens is 1. The van der Waals surface area contributed by atoms with E-state index in [1.165, 1.54) is 0 Å². The Morgan fingerprint density at radius 1 is 1.23 bits per heavy atom. The first-order valence-electron chi connectivity index (χ1n) is 10.5. The maximum absolute atomic E-state index is 13.9. The highest BCUT2D eigenvalue weighted by Crippen LogP contribution is 2.24. The fourth-order valence-electron chi connectivity index (χ4n) is 4.14. The van der Waals surface area contributed by atoms with Crippen LogP contribution in [0.1, 0.15) is 32.4 Å². The summed E-state index contributed by atoms with van der Waals surface area (Å²) in [6, 6.07) is 5.86. The van der Waals surface area contributed by atoms with Crippen molar-refractivity contribution in [3.05, 3.63) is 42.5 Å². The van der Waals surface area contributed by atoms with E-state index in [4.69, 9.17) is 4.98 Å². The van der Waals surface area contributed by atoms with E-state index in [0.29, 0.717) is 13.0 Å². The Morgan fingerprint density at radius 3 is 2.67 bits per heavy atom. The van der Waals surface area contributed by atoms with E-state index in [0.717, 1.165) is 53.8 Å². The molecule has 6 nitrogen and oxygen atoms in total. The van der Waals surface area contributed by atoms with Gasteiger partial charge in [0.2, 0.25) is 0 Å². The number of aryl methyl sites for hydroxylation is 1. The van der Waals surface area contributed by atoms with E-state index >= 15 is 0 Å². The predicted octanol–water partition coefficient (Wildman–Crippen LogP) is 3.60. The van der Waals surface area contributed by atoms with Crippen molar-refractivity contribution in [2.75, 3.05) is 19.6 Å². The molecule has 0 N–H and O–H groups in total. The third kappa shape index (κ3) is 4.90. The van der Waals surface area contributed by atoms with Crippen LogP contribution in [-0.2, 0) is 18.3 Å². The van der Waals surface area contributed by atoms with Gasteiger partial charge in [-0.3, -0.25) is 14.5 Å². The lowest BCUT2D eigenvalue weighted by molar-refractivity contribution is -0.123. The van der Waals surface area contributed by atoms with E-state index in [-0.39, 0.29) is 11.7 Å². The van der Waals surface area contributed by atoms with Crippen molar-refractivity contribution in [1.82, 2.24) is 24.6 Å². The molecule has 4 heterocycles. The Labute approximate surface area is 176 Å². The molecule has 0 aromatic carbocycles. The minimum atomic E-state index is -1.20. The van der Waals surface area contributed by atoms with E-state index in [9.17, 15) is 9.18 Å². The van der Waals surface area contributed by atoms with E-state index in [2.05, 4.69) is 15.0 Å². The second-order valence-electron chi connectivity index (χ2n) is 8.88. The number of carbonyl (C=O) groups excluding carboxylic acids is 1. The lowest BCUT2D eigenvalue weighted by atomic mass is 9.89. The molecule has 3 aromatic heterocycles. The van der Waals surface area contributed by atoms with Crippen molar-refractivity contribution in [3.63, 3.8) is 0 Å². The summed E-state index contributed by atoms with van der Waals surface area (Å²) in [7, 11) is 1.88. The van der Waals surface area contributed by atoms with Crippen molar-refractivity contribution < 1.29 is 9.18 Å². The summed E-state index contributed by atoms with van der Waals surface area (Å²) >= 11 is 0. The summed E-state index contributed by atoms with van der Waals surface area (Å²) in [5.41, 5.74) is 2.18. The molecule has 0 bridgehead atoms. The topological polar surface area (TPSA) is 63.9 Å². The van der Waals surface area contributed by atoms with Gasteiger partial charge < -0.3 is 4.90 Å². The number of rotatable bonds is 6. The van der Waals surface area contributed by atoms with E-state index < -0.39 is 5.67 Å². The number of carbonyl (C=O) groups is 1. The number of alkyl halides is 1. The number of aromatic nitrogens is 4. The number of Topliss-reactive ketones (excluding diaryl/α,β-unsaturated/α-hetero) is 1. The van der Waals surface area contributed by atoms with Gasteiger partial charge in [-0.25, -0.2) is 9.37 Å². The van der Waals surface area contributed by atoms with Gasteiger partial charge in [0.1, 0.15) is 11.5 Å². The molecular formula is C23H28FN5O. The van der Waals surface area contributed by atoms with Crippen LogP contribution in [0.3, 0.4) is 0 Å². The molecule has 0 aliphatic carbocycles. The SMILES string of the molecule is Cn1cc(-c2ccc3cnc(CC(=O)C4CCN(CC(C)(C)F)CC4)cc3n2)cn1. The number of hydrogen-bond donors (Lipinski definition) is 0. The molecule has 4 rings (SSSR count). The Morgan fingerprint density at radius 2 is 2.00 bits per heavy atom. The van der Waals surface area contributed by atoms with Crippen LogP contribution >= 0.6 is 0 Å². The lowest BCUT2D eigenvalue weighted by Gasteiger charge is -2.33. The van der Waals surface area contributed by atoms with Crippen molar-refractivity contribution in [3.8, 4) is 11.3 Å². The first kappa shape index (κ1) is 20.6. The van der Waals surface area contributed by atoms with Crippen LogP contribution in [0.2, 0.25) is 0 Å². The van der Waals surface area contributed by atoms with Crippen molar-refractivity contribution in [2.45, 2.75) is 38.8 Å². The molecular weight excluding hydrogens is 381 g/mol. The van der Waals surface area contributed by atoms with Crippen LogP contribution in [0, 0.1) is 5.92 Å². The zero-order chi connectivity index (χ0) is 21.3. The number of pyridine rings is 2. The van der Waals surface area contributed by atoms with E-state index in [1.807, 2.05) is 31.4 Å². The summed E-state index contributed by atoms with van der Waals surface area (Å²) in [5.74, 6) is 0.237. The Hall–Kier alpha value is -2.67. The highest BCUT2D eigenvalue weighted by atomic mass is 19.1. The highest BCUT2D eigenvalue weighted by molar-refractivity contribution is 5.85. The molecule has 158 valence electrons. The summed E-state index contributed by atoms with van der Waals surface area (Å²) < 4.78 is 15.6. The molecule has 1 saturated heterocycles. The minimum absolute atomic E-state index is 0.0242. The Kier molecular flexibility index (Phi) is 5.64. The van der Waals surface area contributed by atoms with Crippen molar-refractivity contribution >= 4 is 16.7 Å². The molecule has 3 aromatic rings. The van der Waals surface area contributed by atoms with Gasteiger partial charge in [-0.1, -0.05) is 0 Å². The minimum Gasteiger partial charge on any atom is -0.300 e. The summed E-state index contributed by atoms with van der Waals surface area (Å²) in [6.45, 7) is 5.16. The zero-order valence-electron chi connectivity index (χ0n) is 17.8. The number of ketones is 1. The maximum Gasteiger partial charge on any atom is 0.142 e. The Balaban J connectivity index is 1.43. The lowest BCUT2D eigenvalue weighted by Crippen LogP contribution is -2.42. The highest BCUT2D eigenvalue weighted by Gasteiger charge is 2.28. The van der Waals surface area contributed by atoms with Gasteiger partial charge >= 0.3 is 0 Å². The van der Waals surface area contributed by atoms with Crippen LogP contribution in [0.4, 0.5) is 4.39 Å². The number of fused-ring (bicyclic) bond motifs is 1. The molecule has 0 saturated carbocycles. The van der Waals surface area contributed by atoms with Gasteiger partial charge in [-0.2, -0.15) is 5.10 Å². The predicted molar refractivity (Wildman–Crippen MR) is 115 cm³/mol. The van der Waals surface area contributed by atoms with Crippen molar-refractivity contribution in [2.24, 2.45) is 13.0 Å². The summed E-state index contributed by atoms with van der Waals surface area (Å²) in [6.07, 6.45) is 7.38. The van der Waals surface area contributed by atoms with Crippen molar-refractivity contribution in [1.29, 1.82) is 0 Å². The third-order valence-electron chi connectivity index (χ3n) is 5.63. The second-order valence-corrected chi connectivity index (χ2v) is 8.88. The standard InChI is InChI=1S/C23H28FN5O/c1-23(2,24)15-29-8-6-16(7-9-29)22(30)11-19-10-21-17(12-25-19)4-5-20(27-21)18-13-26-28(3)14-18/h4-5,10,12-14,16H,6-9,11,15H2,1-3H3. The first-order chi connectivity index (χ1) is 14.3. The van der Waals surface area contributed by atoms with Gasteiger partial charge in [0, 0.05) is 55.0 Å². The van der Waals surface area contributed by atoms with Gasteiger partial charge in [-0.05, 0) is 58.0 Å². The molecule has 1 aliphatic rings. The zero-order valence-corrected chi connectivity index (χ0v) is 17.8. The molecule has 0 amide bonds. The third-order valence-corrected chi connectivity index (χ3v) is 5.63. The molecule has 1 fully saturated rings. The molecule has 0 radical (unpaired) electrons. The maximum atomic E-state index is 13.9. The largest absolute Gasteiger partial charge is 0.300 e. The number of piperidine rings is 1. The van der Waals surface area contributed by atoms with Gasteiger partial charge in [0.05, 0.1) is 17.4 Å². The summed E-state index contributed by atoms with van der Waals surface area (Å²) in [4.78, 5) is 24.1. The fourth-order valence-corrected chi connectivity index (χ4v) is 4.14. The van der Waals surface area contributed by atoms with Crippen LogP contribution in [0.5, 0.6) is 0 Å². The molecule has 0 unspecified atom stereocenters. The van der Waals surface area contributed by atoms with Gasteiger partial charge in [0.25, 0.3) is 0 Å². The van der Waals surface area contributed by atoms with Crippen LogP contribution in [0.15, 0.2) is 36.8 Å². The monoisotopic (exact) mass is 409 g/mol. The van der Waals surface area contributed by atoms with E-state index in [1.54, 1.807) is 30.9 Å². The fraction of sp³-hybridized carbons (Fsp3) is 0.478. The molecule has 7 heteroatoms.